The van der Waals surface area contributed by atoms with Crippen LogP contribution >= 0.6 is 0 Å². The van der Waals surface area contributed by atoms with Crippen molar-refractivity contribution >= 4 is 23.2 Å². The fourth-order valence-corrected chi connectivity index (χ4v) is 3.62. The second-order valence-corrected chi connectivity index (χ2v) is 8.93. The Kier molecular flexibility index (Phi) is 7.50. The fourth-order valence-electron chi connectivity index (χ4n) is 3.62. The Balaban J connectivity index is 2.29. The molecule has 0 saturated carbocycles. The van der Waals surface area contributed by atoms with Gasteiger partial charge in [0.25, 0.3) is 0 Å². The number of carbonyl (C=O) groups is 2. The minimum absolute atomic E-state index is 0.0349. The van der Waals surface area contributed by atoms with E-state index >= 15 is 0 Å². The lowest BCUT2D eigenvalue weighted by Crippen LogP contribution is -2.43. The van der Waals surface area contributed by atoms with Gasteiger partial charge in [0.15, 0.2) is 0 Å². The smallest absolute Gasteiger partial charge is 0.236 e. The molecule has 0 saturated heterocycles. The molecular weight excluding hydrogens is 352 g/mol. The second-order valence-electron chi connectivity index (χ2n) is 8.93. The zero-order valence-corrected chi connectivity index (χ0v) is 18.3. The standard InChI is InChI=1S/C23H36N2O3/c1-7-9-17(10-8-2)21(26)24-18-11-12-19-20(13-18)28-15-23(5,6)22(27)25(19)14-16(3)4/h11-13,16-17H,7-10,14-15H2,1-6H3,(H,24,26). The van der Waals surface area contributed by atoms with Crippen molar-refractivity contribution in [1.29, 1.82) is 0 Å². The van der Waals surface area contributed by atoms with Crippen LogP contribution in [0.3, 0.4) is 0 Å². The molecular formula is C23H36N2O3. The minimum atomic E-state index is -0.593. The quantitative estimate of drug-likeness (QED) is 0.662. The van der Waals surface area contributed by atoms with Gasteiger partial charge in [0.1, 0.15) is 12.4 Å². The van der Waals surface area contributed by atoms with E-state index in [1.807, 2.05) is 36.9 Å². The summed E-state index contributed by atoms with van der Waals surface area (Å²) in [6, 6.07) is 5.61. The first-order chi connectivity index (χ1) is 13.2. The van der Waals surface area contributed by atoms with Crippen molar-refractivity contribution in [3.63, 3.8) is 0 Å². The Morgan fingerprint density at radius 3 is 2.43 bits per heavy atom. The molecule has 1 aliphatic heterocycles. The van der Waals surface area contributed by atoms with E-state index in [2.05, 4.69) is 33.0 Å². The first-order valence-electron chi connectivity index (χ1n) is 10.6. The maximum Gasteiger partial charge on any atom is 0.236 e. The Morgan fingerprint density at radius 2 is 1.86 bits per heavy atom. The predicted molar refractivity (Wildman–Crippen MR) is 115 cm³/mol. The summed E-state index contributed by atoms with van der Waals surface area (Å²) in [6.45, 7) is 13.2. The number of nitrogens with one attached hydrogen (secondary N) is 1. The molecule has 0 atom stereocenters. The molecule has 1 heterocycles. The van der Waals surface area contributed by atoms with Crippen LogP contribution in [0.2, 0.25) is 0 Å². The van der Waals surface area contributed by atoms with Gasteiger partial charge in [0.2, 0.25) is 11.8 Å². The van der Waals surface area contributed by atoms with Gasteiger partial charge in [0, 0.05) is 24.2 Å². The maximum atomic E-state index is 13.0. The molecule has 0 unspecified atom stereocenters. The van der Waals surface area contributed by atoms with E-state index in [9.17, 15) is 9.59 Å². The number of fused-ring (bicyclic) bond motifs is 1. The van der Waals surface area contributed by atoms with Gasteiger partial charge in [-0.3, -0.25) is 9.59 Å². The van der Waals surface area contributed by atoms with E-state index in [0.29, 0.717) is 24.8 Å². The zero-order chi connectivity index (χ0) is 20.9. The summed E-state index contributed by atoms with van der Waals surface area (Å²) in [5.74, 6) is 1.16. The molecule has 0 spiro atoms. The molecule has 28 heavy (non-hydrogen) atoms. The summed E-state index contributed by atoms with van der Waals surface area (Å²) in [5.41, 5.74) is 0.906. The van der Waals surface area contributed by atoms with Crippen LogP contribution in [0.1, 0.15) is 67.2 Å². The largest absolute Gasteiger partial charge is 0.490 e. The summed E-state index contributed by atoms with van der Waals surface area (Å²) >= 11 is 0. The summed E-state index contributed by atoms with van der Waals surface area (Å²) in [7, 11) is 0. The van der Waals surface area contributed by atoms with E-state index in [1.54, 1.807) is 0 Å². The van der Waals surface area contributed by atoms with E-state index in [0.717, 1.165) is 37.1 Å². The SMILES string of the molecule is CCCC(CCC)C(=O)Nc1ccc2c(c1)OCC(C)(C)C(=O)N2CC(C)C. The summed E-state index contributed by atoms with van der Waals surface area (Å²) in [4.78, 5) is 27.5. The molecule has 1 N–H and O–H groups in total. The second kappa shape index (κ2) is 9.44. The molecule has 0 bridgehead atoms. The average molecular weight is 389 g/mol. The van der Waals surface area contributed by atoms with Gasteiger partial charge in [-0.25, -0.2) is 0 Å². The van der Waals surface area contributed by atoms with Crippen molar-refractivity contribution in [2.45, 2.75) is 67.2 Å². The molecule has 1 aromatic rings. The molecule has 156 valence electrons. The van der Waals surface area contributed by atoms with Crippen LogP contribution in [-0.4, -0.2) is 25.0 Å². The molecule has 5 nitrogen and oxygen atoms in total. The van der Waals surface area contributed by atoms with Crippen molar-refractivity contribution in [3.8, 4) is 5.75 Å². The molecule has 5 heteroatoms. The van der Waals surface area contributed by atoms with Crippen molar-refractivity contribution in [2.24, 2.45) is 17.3 Å². The van der Waals surface area contributed by atoms with Crippen LogP contribution in [0.5, 0.6) is 5.75 Å². The average Bonchev–Trinajstić information content (AvgIpc) is 2.71. The van der Waals surface area contributed by atoms with E-state index in [4.69, 9.17) is 4.74 Å². The number of rotatable bonds is 8. The van der Waals surface area contributed by atoms with Crippen LogP contribution < -0.4 is 15.0 Å². The number of carbonyl (C=O) groups excluding carboxylic acids is 2. The van der Waals surface area contributed by atoms with Gasteiger partial charge in [-0.2, -0.15) is 0 Å². The van der Waals surface area contributed by atoms with Crippen LogP contribution in [0.4, 0.5) is 11.4 Å². The highest BCUT2D eigenvalue weighted by Gasteiger charge is 2.38. The highest BCUT2D eigenvalue weighted by atomic mass is 16.5. The predicted octanol–water partition coefficient (Wildman–Crippen LogP) is 5.25. The third kappa shape index (κ3) is 5.27. The first kappa shape index (κ1) is 22.3. The zero-order valence-electron chi connectivity index (χ0n) is 18.3. The molecule has 0 radical (unpaired) electrons. The van der Waals surface area contributed by atoms with Crippen molar-refractivity contribution < 1.29 is 14.3 Å². The van der Waals surface area contributed by atoms with Gasteiger partial charge in [-0.05, 0) is 44.7 Å². The molecule has 0 fully saturated rings. The van der Waals surface area contributed by atoms with Crippen molar-refractivity contribution in [2.75, 3.05) is 23.4 Å². The molecule has 2 amide bonds. The number of hydrogen-bond acceptors (Lipinski definition) is 3. The number of ether oxygens (including phenoxy) is 1. The lowest BCUT2D eigenvalue weighted by Gasteiger charge is -2.29. The minimum Gasteiger partial charge on any atom is -0.490 e. The molecule has 0 aliphatic carbocycles. The van der Waals surface area contributed by atoms with Gasteiger partial charge >= 0.3 is 0 Å². The number of nitrogens with zero attached hydrogens (tertiary/aromatic N) is 1. The Bertz CT molecular complexity index is 691. The highest BCUT2D eigenvalue weighted by Crippen LogP contribution is 2.38. The Morgan fingerprint density at radius 1 is 1.21 bits per heavy atom. The van der Waals surface area contributed by atoms with Gasteiger partial charge in [-0.1, -0.05) is 40.5 Å². The van der Waals surface area contributed by atoms with E-state index < -0.39 is 5.41 Å². The van der Waals surface area contributed by atoms with Crippen molar-refractivity contribution in [1.82, 2.24) is 0 Å². The van der Waals surface area contributed by atoms with E-state index in [-0.39, 0.29) is 17.7 Å². The number of amides is 2. The van der Waals surface area contributed by atoms with Crippen molar-refractivity contribution in [3.05, 3.63) is 18.2 Å². The summed E-state index contributed by atoms with van der Waals surface area (Å²) in [5, 5.41) is 3.05. The number of hydrogen-bond donors (Lipinski definition) is 1. The maximum absolute atomic E-state index is 13.0. The van der Waals surface area contributed by atoms with Crippen LogP contribution in [0.15, 0.2) is 18.2 Å². The van der Waals surface area contributed by atoms with Crippen LogP contribution in [0, 0.1) is 17.3 Å². The molecule has 0 aromatic heterocycles. The van der Waals surface area contributed by atoms with E-state index in [1.165, 1.54) is 0 Å². The fraction of sp³-hybridized carbons (Fsp3) is 0.652. The lowest BCUT2D eigenvalue weighted by atomic mass is 9.92. The van der Waals surface area contributed by atoms with Crippen LogP contribution in [-0.2, 0) is 9.59 Å². The summed E-state index contributed by atoms with van der Waals surface area (Å²) < 4.78 is 6.01. The Labute approximate surface area is 169 Å². The number of benzene rings is 1. The van der Waals surface area contributed by atoms with Gasteiger partial charge in [-0.15, -0.1) is 0 Å². The topological polar surface area (TPSA) is 58.6 Å². The monoisotopic (exact) mass is 388 g/mol. The van der Waals surface area contributed by atoms with Gasteiger partial charge in [0.05, 0.1) is 11.1 Å². The normalized spacial score (nSPS) is 16.0. The third-order valence-corrected chi connectivity index (χ3v) is 5.12. The third-order valence-electron chi connectivity index (χ3n) is 5.12. The molecule has 1 aromatic carbocycles. The number of anilines is 2. The summed E-state index contributed by atoms with van der Waals surface area (Å²) in [6.07, 6.45) is 3.78. The first-order valence-corrected chi connectivity index (χ1v) is 10.6. The molecule has 1 aliphatic rings. The Hall–Kier alpha value is -2.04. The highest BCUT2D eigenvalue weighted by molar-refractivity contribution is 6.00. The van der Waals surface area contributed by atoms with Crippen LogP contribution in [0.25, 0.3) is 0 Å². The van der Waals surface area contributed by atoms with Gasteiger partial charge < -0.3 is 15.0 Å². The lowest BCUT2D eigenvalue weighted by molar-refractivity contribution is -0.127. The molecule has 2 rings (SSSR count).